The summed E-state index contributed by atoms with van der Waals surface area (Å²) in [5.74, 6) is -0.884. The van der Waals surface area contributed by atoms with Crippen LogP contribution in [0.5, 0.6) is 0 Å². The lowest BCUT2D eigenvalue weighted by Gasteiger charge is -2.05. The zero-order valence-electron chi connectivity index (χ0n) is 20.0. The highest BCUT2D eigenvalue weighted by Crippen LogP contribution is 2.31. The van der Waals surface area contributed by atoms with Crippen molar-refractivity contribution in [3.63, 3.8) is 0 Å². The number of fused-ring (bicyclic) bond motifs is 3. The fraction of sp³-hybridized carbons (Fsp3) is 0.300. The van der Waals surface area contributed by atoms with Crippen LogP contribution in [0.15, 0.2) is 66.7 Å². The summed E-state index contributed by atoms with van der Waals surface area (Å²) in [4.78, 5) is 38.5. The van der Waals surface area contributed by atoms with E-state index in [2.05, 4.69) is 18.4 Å². The number of ketones is 3. The van der Waals surface area contributed by atoms with E-state index in [1.54, 1.807) is 36.4 Å². The molecule has 0 fully saturated rings. The molecule has 0 unspecified atom stereocenters. The topological polar surface area (TPSA) is 56.1 Å². The highest BCUT2D eigenvalue weighted by molar-refractivity contribution is 6.49. The molecular formula is C30H31NO3. The Morgan fingerprint density at radius 1 is 0.647 bits per heavy atom. The second kappa shape index (κ2) is 10.6. The van der Waals surface area contributed by atoms with Gasteiger partial charge in [0, 0.05) is 51.5 Å². The summed E-state index contributed by atoms with van der Waals surface area (Å²) < 4.78 is 2.18. The number of aryl methyl sites for hydroxylation is 1. The van der Waals surface area contributed by atoms with Gasteiger partial charge in [-0.05, 0) is 49.7 Å². The normalized spacial score (nSPS) is 11.2. The molecule has 4 nitrogen and oxygen atoms in total. The minimum absolute atomic E-state index is 0.155. The SMILES string of the molecule is CCCCCCCC(=O)c1ccc2c(c1)c1cc(C(=O)C(=O)c3ccccc3)ccc1n2CC. The fourth-order valence-electron chi connectivity index (χ4n) is 4.64. The molecule has 0 bridgehead atoms. The molecule has 0 radical (unpaired) electrons. The summed E-state index contributed by atoms with van der Waals surface area (Å²) in [6.07, 6.45) is 6.12. The Labute approximate surface area is 200 Å². The number of carbonyl (C=O) groups is 3. The van der Waals surface area contributed by atoms with Crippen LogP contribution in [0.3, 0.4) is 0 Å². The number of hydrogen-bond acceptors (Lipinski definition) is 3. The van der Waals surface area contributed by atoms with Crippen molar-refractivity contribution in [2.45, 2.75) is 58.9 Å². The summed E-state index contributed by atoms with van der Waals surface area (Å²) in [7, 11) is 0. The third kappa shape index (κ3) is 4.72. The van der Waals surface area contributed by atoms with Gasteiger partial charge < -0.3 is 4.57 Å². The van der Waals surface area contributed by atoms with Gasteiger partial charge in [-0.1, -0.05) is 62.9 Å². The third-order valence-electron chi connectivity index (χ3n) is 6.51. The van der Waals surface area contributed by atoms with Gasteiger partial charge in [-0.3, -0.25) is 14.4 Å². The number of aromatic nitrogens is 1. The van der Waals surface area contributed by atoms with Crippen LogP contribution in [0, 0.1) is 0 Å². The van der Waals surface area contributed by atoms with Gasteiger partial charge in [-0.25, -0.2) is 0 Å². The van der Waals surface area contributed by atoms with Crippen LogP contribution in [0.1, 0.15) is 83.4 Å². The number of nitrogens with zero attached hydrogens (tertiary/aromatic N) is 1. The van der Waals surface area contributed by atoms with Crippen molar-refractivity contribution in [3.8, 4) is 0 Å². The average Bonchev–Trinajstić information content (AvgIpc) is 3.20. The zero-order valence-corrected chi connectivity index (χ0v) is 20.0. The molecule has 174 valence electrons. The predicted octanol–water partition coefficient (Wildman–Crippen LogP) is 7.42. The van der Waals surface area contributed by atoms with Crippen molar-refractivity contribution in [2.75, 3.05) is 0 Å². The largest absolute Gasteiger partial charge is 0.341 e. The molecule has 0 aliphatic rings. The van der Waals surface area contributed by atoms with Crippen LogP contribution in [0.4, 0.5) is 0 Å². The van der Waals surface area contributed by atoms with E-state index in [0.717, 1.165) is 41.2 Å². The molecule has 4 heteroatoms. The minimum atomic E-state index is -0.523. The first kappa shape index (κ1) is 23.6. The summed E-state index contributed by atoms with van der Waals surface area (Å²) in [6.45, 7) is 5.02. The molecule has 4 rings (SSSR count). The predicted molar refractivity (Wildman–Crippen MR) is 138 cm³/mol. The third-order valence-corrected chi connectivity index (χ3v) is 6.51. The van der Waals surface area contributed by atoms with Crippen LogP contribution in [-0.4, -0.2) is 21.9 Å². The maximum Gasteiger partial charge on any atom is 0.233 e. The highest BCUT2D eigenvalue weighted by Gasteiger charge is 2.20. The molecule has 0 aliphatic carbocycles. The Balaban J connectivity index is 1.68. The van der Waals surface area contributed by atoms with E-state index in [4.69, 9.17) is 0 Å². The molecule has 0 saturated heterocycles. The van der Waals surface area contributed by atoms with Gasteiger partial charge in [0.1, 0.15) is 0 Å². The Morgan fingerprint density at radius 3 is 1.88 bits per heavy atom. The van der Waals surface area contributed by atoms with E-state index >= 15 is 0 Å². The lowest BCUT2D eigenvalue weighted by atomic mass is 9.98. The van der Waals surface area contributed by atoms with E-state index in [-0.39, 0.29) is 5.78 Å². The van der Waals surface area contributed by atoms with Crippen molar-refractivity contribution < 1.29 is 14.4 Å². The molecule has 0 N–H and O–H groups in total. The second-order valence-corrected chi connectivity index (χ2v) is 8.82. The van der Waals surface area contributed by atoms with Gasteiger partial charge in [0.25, 0.3) is 0 Å². The minimum Gasteiger partial charge on any atom is -0.341 e. The van der Waals surface area contributed by atoms with E-state index in [9.17, 15) is 14.4 Å². The quantitative estimate of drug-likeness (QED) is 0.135. The number of carbonyl (C=O) groups excluding carboxylic acids is 3. The Kier molecular flexibility index (Phi) is 7.36. The van der Waals surface area contributed by atoms with E-state index in [0.29, 0.717) is 23.1 Å². The van der Waals surface area contributed by atoms with Crippen molar-refractivity contribution >= 4 is 39.2 Å². The molecule has 0 amide bonds. The number of hydrogen-bond donors (Lipinski definition) is 0. The van der Waals surface area contributed by atoms with Crippen molar-refractivity contribution in [3.05, 3.63) is 83.4 Å². The maximum atomic E-state index is 13.0. The van der Waals surface area contributed by atoms with Gasteiger partial charge in [0.2, 0.25) is 11.6 Å². The number of Topliss-reactive ketones (excluding diaryl/α,β-unsaturated/α-hetero) is 3. The molecule has 34 heavy (non-hydrogen) atoms. The Bertz CT molecular complexity index is 1350. The first-order chi connectivity index (χ1) is 16.5. The summed E-state index contributed by atoms with van der Waals surface area (Å²) in [5.41, 5.74) is 3.47. The van der Waals surface area contributed by atoms with Crippen LogP contribution < -0.4 is 0 Å². The summed E-state index contributed by atoms with van der Waals surface area (Å²) in [5, 5.41) is 1.83. The molecule has 0 atom stereocenters. The monoisotopic (exact) mass is 453 g/mol. The number of unbranched alkanes of at least 4 members (excludes halogenated alkanes) is 4. The smallest absolute Gasteiger partial charge is 0.233 e. The Hall–Kier alpha value is -3.53. The fourth-order valence-corrected chi connectivity index (χ4v) is 4.64. The summed E-state index contributed by atoms with van der Waals surface area (Å²) in [6, 6.07) is 19.9. The van der Waals surface area contributed by atoms with Gasteiger partial charge in [-0.15, -0.1) is 0 Å². The molecule has 0 saturated carbocycles. The first-order valence-corrected chi connectivity index (χ1v) is 12.3. The van der Waals surface area contributed by atoms with Gasteiger partial charge in [0.15, 0.2) is 5.78 Å². The maximum absolute atomic E-state index is 13.0. The van der Waals surface area contributed by atoms with Crippen molar-refractivity contribution in [2.24, 2.45) is 0 Å². The number of benzene rings is 3. The molecule has 4 aromatic rings. The van der Waals surface area contributed by atoms with Gasteiger partial charge in [0.05, 0.1) is 0 Å². The molecule has 1 aromatic heterocycles. The van der Waals surface area contributed by atoms with E-state index in [1.165, 1.54) is 19.3 Å². The molecule has 3 aromatic carbocycles. The van der Waals surface area contributed by atoms with Crippen LogP contribution in [-0.2, 0) is 6.54 Å². The van der Waals surface area contributed by atoms with E-state index in [1.807, 2.05) is 30.3 Å². The summed E-state index contributed by atoms with van der Waals surface area (Å²) >= 11 is 0. The van der Waals surface area contributed by atoms with Crippen molar-refractivity contribution in [1.29, 1.82) is 0 Å². The average molecular weight is 454 g/mol. The Morgan fingerprint density at radius 2 is 1.24 bits per heavy atom. The van der Waals surface area contributed by atoms with Crippen molar-refractivity contribution in [1.82, 2.24) is 4.57 Å². The first-order valence-electron chi connectivity index (χ1n) is 12.3. The van der Waals surface area contributed by atoms with Gasteiger partial charge >= 0.3 is 0 Å². The number of rotatable bonds is 11. The second-order valence-electron chi connectivity index (χ2n) is 8.82. The molecule has 1 heterocycles. The van der Waals surface area contributed by atoms with Crippen LogP contribution in [0.2, 0.25) is 0 Å². The molecular weight excluding hydrogens is 422 g/mol. The van der Waals surface area contributed by atoms with Crippen LogP contribution >= 0.6 is 0 Å². The van der Waals surface area contributed by atoms with Gasteiger partial charge in [-0.2, -0.15) is 0 Å². The molecule has 0 spiro atoms. The standard InChI is InChI=1S/C30H31NO3/c1-3-5-6-7-11-14-28(32)22-15-17-26-24(19-22)25-20-23(16-18-27(25)31(26)4-2)30(34)29(33)21-12-9-8-10-13-21/h8-10,12-13,15-20H,3-7,11,14H2,1-2H3. The zero-order chi connectivity index (χ0) is 24.1. The molecule has 0 aliphatic heterocycles. The van der Waals surface area contributed by atoms with Crippen LogP contribution in [0.25, 0.3) is 21.8 Å². The highest BCUT2D eigenvalue weighted by atomic mass is 16.2. The lowest BCUT2D eigenvalue weighted by molar-refractivity contribution is 0.0817. The van der Waals surface area contributed by atoms with E-state index < -0.39 is 11.6 Å². The lowest BCUT2D eigenvalue weighted by Crippen LogP contribution is -2.14.